The third-order valence-corrected chi connectivity index (χ3v) is 5.25. The summed E-state index contributed by atoms with van der Waals surface area (Å²) >= 11 is 6.30. The lowest BCUT2D eigenvalue weighted by molar-refractivity contribution is -0.149. The molecule has 1 N–H and O–H groups in total. The van der Waals surface area contributed by atoms with Crippen LogP contribution >= 0.6 is 11.6 Å². The molecule has 1 aliphatic heterocycles. The van der Waals surface area contributed by atoms with Gasteiger partial charge in [-0.15, -0.1) is 0 Å². The van der Waals surface area contributed by atoms with E-state index in [1.165, 1.54) is 14.0 Å². The first-order valence-electron chi connectivity index (χ1n) is 9.38. The van der Waals surface area contributed by atoms with E-state index < -0.39 is 12.1 Å². The molecule has 0 aromatic heterocycles. The van der Waals surface area contributed by atoms with Gasteiger partial charge >= 0.3 is 5.97 Å². The van der Waals surface area contributed by atoms with E-state index in [2.05, 4.69) is 5.32 Å². The average Bonchev–Trinajstić information content (AvgIpc) is 2.67. The Kier molecular flexibility index (Phi) is 7.83. The van der Waals surface area contributed by atoms with Gasteiger partial charge in [0.05, 0.1) is 7.11 Å². The summed E-state index contributed by atoms with van der Waals surface area (Å²) < 4.78 is 5.00. The summed E-state index contributed by atoms with van der Waals surface area (Å²) in [6.07, 6.45) is 0. The van der Waals surface area contributed by atoms with Gasteiger partial charge in [-0.05, 0) is 17.5 Å². The number of carbonyl (C=O) groups excluding carboxylic acids is 3. The summed E-state index contributed by atoms with van der Waals surface area (Å²) in [5, 5.41) is 3.24. The lowest BCUT2D eigenvalue weighted by Crippen LogP contribution is -2.57. The Morgan fingerprint density at radius 1 is 1.11 bits per heavy atom. The number of benzene rings is 1. The molecule has 28 heavy (non-hydrogen) atoms. The zero-order chi connectivity index (χ0) is 20.8. The minimum atomic E-state index is -0.618. The first-order chi connectivity index (χ1) is 13.3. The van der Waals surface area contributed by atoms with E-state index in [0.29, 0.717) is 36.8 Å². The molecule has 2 amide bonds. The van der Waals surface area contributed by atoms with Crippen LogP contribution in [0.3, 0.4) is 0 Å². The molecule has 1 aromatic rings. The molecule has 0 radical (unpaired) electrons. The summed E-state index contributed by atoms with van der Waals surface area (Å²) in [5.74, 6) is -0.723. The van der Waals surface area contributed by atoms with Crippen molar-refractivity contribution in [1.29, 1.82) is 0 Å². The molecule has 7 nitrogen and oxygen atoms in total. The van der Waals surface area contributed by atoms with Crippen molar-refractivity contribution in [2.75, 3.05) is 33.3 Å². The predicted octanol–water partition coefficient (Wildman–Crippen LogP) is 1.86. The number of esters is 1. The van der Waals surface area contributed by atoms with E-state index in [4.69, 9.17) is 16.3 Å². The normalized spacial score (nSPS) is 17.1. The minimum absolute atomic E-state index is 0.0135. The van der Waals surface area contributed by atoms with Crippen LogP contribution in [0.1, 0.15) is 32.4 Å². The first-order valence-corrected chi connectivity index (χ1v) is 9.76. The summed E-state index contributed by atoms with van der Waals surface area (Å²) in [6.45, 7) is 7.13. The molecule has 2 rings (SSSR count). The van der Waals surface area contributed by atoms with Gasteiger partial charge in [0.1, 0.15) is 12.1 Å². The van der Waals surface area contributed by atoms with E-state index >= 15 is 0 Å². The smallest absolute Gasteiger partial charge is 0.327 e. The van der Waals surface area contributed by atoms with E-state index in [0.717, 1.165) is 0 Å². The number of nitrogens with zero attached hydrogens (tertiary/aromatic N) is 2. The summed E-state index contributed by atoms with van der Waals surface area (Å²) in [7, 11) is 1.35. The molecule has 0 spiro atoms. The van der Waals surface area contributed by atoms with Crippen LogP contribution in [0.5, 0.6) is 0 Å². The zero-order valence-corrected chi connectivity index (χ0v) is 17.5. The van der Waals surface area contributed by atoms with Crippen LogP contribution < -0.4 is 5.32 Å². The van der Waals surface area contributed by atoms with Crippen molar-refractivity contribution in [3.8, 4) is 0 Å². The SMILES string of the molecule is COC(=O)C(c1ccccc1Cl)N1CCN(C(=O)C(NC(C)=O)C(C)C)CC1. The molecule has 1 heterocycles. The van der Waals surface area contributed by atoms with Crippen molar-refractivity contribution >= 4 is 29.4 Å². The van der Waals surface area contributed by atoms with Crippen LogP contribution in [0.25, 0.3) is 0 Å². The van der Waals surface area contributed by atoms with Crippen molar-refractivity contribution in [2.45, 2.75) is 32.9 Å². The van der Waals surface area contributed by atoms with Crippen molar-refractivity contribution in [2.24, 2.45) is 5.92 Å². The third-order valence-electron chi connectivity index (χ3n) is 4.91. The highest BCUT2D eigenvalue weighted by molar-refractivity contribution is 6.31. The maximum atomic E-state index is 12.8. The van der Waals surface area contributed by atoms with Gasteiger partial charge in [0, 0.05) is 38.1 Å². The van der Waals surface area contributed by atoms with E-state index in [9.17, 15) is 14.4 Å². The van der Waals surface area contributed by atoms with Gasteiger partial charge < -0.3 is 15.0 Å². The molecule has 1 saturated heterocycles. The number of ether oxygens (including phenoxy) is 1. The molecule has 1 aliphatic rings. The number of hydrogen-bond acceptors (Lipinski definition) is 5. The number of rotatable bonds is 6. The summed E-state index contributed by atoms with van der Waals surface area (Å²) in [4.78, 5) is 40.4. The van der Waals surface area contributed by atoms with Gasteiger partial charge in [0.15, 0.2) is 0 Å². The highest BCUT2D eigenvalue weighted by Crippen LogP contribution is 2.29. The Bertz CT molecular complexity index is 717. The largest absolute Gasteiger partial charge is 0.468 e. The fourth-order valence-corrected chi connectivity index (χ4v) is 3.65. The summed E-state index contributed by atoms with van der Waals surface area (Å²) in [5.41, 5.74) is 0.689. The number of nitrogens with one attached hydrogen (secondary N) is 1. The van der Waals surface area contributed by atoms with Crippen LogP contribution in [-0.4, -0.2) is 66.9 Å². The predicted molar refractivity (Wildman–Crippen MR) is 107 cm³/mol. The molecule has 2 unspecified atom stereocenters. The fourth-order valence-electron chi connectivity index (χ4n) is 3.41. The van der Waals surface area contributed by atoms with Gasteiger partial charge in [0.2, 0.25) is 11.8 Å². The quantitative estimate of drug-likeness (QED) is 0.725. The Labute approximate surface area is 171 Å². The molecular weight excluding hydrogens is 382 g/mol. The highest BCUT2D eigenvalue weighted by Gasteiger charge is 2.35. The lowest BCUT2D eigenvalue weighted by atomic mass is 10.0. The zero-order valence-electron chi connectivity index (χ0n) is 16.8. The Morgan fingerprint density at radius 3 is 2.21 bits per heavy atom. The molecule has 0 aliphatic carbocycles. The monoisotopic (exact) mass is 409 g/mol. The van der Waals surface area contributed by atoms with Gasteiger partial charge in [-0.3, -0.25) is 14.5 Å². The van der Waals surface area contributed by atoms with Crippen molar-refractivity contribution in [1.82, 2.24) is 15.1 Å². The Morgan fingerprint density at radius 2 is 1.71 bits per heavy atom. The van der Waals surface area contributed by atoms with Gasteiger partial charge in [-0.1, -0.05) is 43.6 Å². The van der Waals surface area contributed by atoms with Gasteiger partial charge in [-0.25, -0.2) is 4.79 Å². The second-order valence-electron chi connectivity index (χ2n) is 7.23. The molecule has 1 aromatic carbocycles. The highest BCUT2D eigenvalue weighted by atomic mass is 35.5. The minimum Gasteiger partial charge on any atom is -0.468 e. The molecule has 8 heteroatoms. The number of carbonyl (C=O) groups is 3. The van der Waals surface area contributed by atoms with Gasteiger partial charge in [0.25, 0.3) is 0 Å². The van der Waals surface area contributed by atoms with Crippen molar-refractivity contribution < 1.29 is 19.1 Å². The molecule has 0 bridgehead atoms. The first kappa shape index (κ1) is 22.2. The molecule has 1 fully saturated rings. The van der Waals surface area contributed by atoms with Crippen molar-refractivity contribution in [3.05, 3.63) is 34.9 Å². The van der Waals surface area contributed by atoms with Gasteiger partial charge in [-0.2, -0.15) is 0 Å². The van der Waals surface area contributed by atoms with E-state index in [-0.39, 0.29) is 23.7 Å². The second kappa shape index (κ2) is 9.89. The van der Waals surface area contributed by atoms with Crippen LogP contribution in [0.4, 0.5) is 0 Å². The van der Waals surface area contributed by atoms with Crippen LogP contribution in [0, 0.1) is 5.92 Å². The summed E-state index contributed by atoms with van der Waals surface area (Å²) in [6, 6.07) is 6.03. The maximum absolute atomic E-state index is 12.8. The number of amides is 2. The third kappa shape index (κ3) is 5.23. The fraction of sp³-hybridized carbons (Fsp3) is 0.550. The molecular formula is C20H28ClN3O4. The number of halogens is 1. The van der Waals surface area contributed by atoms with Crippen LogP contribution in [0.15, 0.2) is 24.3 Å². The number of hydrogen-bond donors (Lipinski definition) is 1. The van der Waals surface area contributed by atoms with E-state index in [1.807, 2.05) is 36.9 Å². The number of piperazine rings is 1. The second-order valence-corrected chi connectivity index (χ2v) is 7.64. The molecule has 2 atom stereocenters. The maximum Gasteiger partial charge on any atom is 0.327 e. The average molecular weight is 410 g/mol. The van der Waals surface area contributed by atoms with Crippen LogP contribution in [-0.2, 0) is 19.1 Å². The molecule has 154 valence electrons. The van der Waals surface area contributed by atoms with Crippen LogP contribution in [0.2, 0.25) is 5.02 Å². The number of methoxy groups -OCH3 is 1. The van der Waals surface area contributed by atoms with E-state index in [1.54, 1.807) is 11.0 Å². The topological polar surface area (TPSA) is 79.0 Å². The standard InChI is InChI=1S/C20H28ClN3O4/c1-13(2)17(22-14(3)25)19(26)24-11-9-23(10-12-24)18(20(27)28-4)15-7-5-6-8-16(15)21/h5-8,13,17-18H,9-12H2,1-4H3,(H,22,25). The molecule has 0 saturated carbocycles. The Balaban J connectivity index is 2.12. The Hall–Kier alpha value is -2.12. The lowest BCUT2D eigenvalue weighted by Gasteiger charge is -2.40. The van der Waals surface area contributed by atoms with Crippen molar-refractivity contribution in [3.63, 3.8) is 0 Å².